The highest BCUT2D eigenvalue weighted by molar-refractivity contribution is 5.04. The van der Waals surface area contributed by atoms with E-state index in [0.29, 0.717) is 12.1 Å². The molecule has 0 amide bonds. The third-order valence-electron chi connectivity index (χ3n) is 4.01. The molecule has 1 atom stereocenters. The number of unbranched alkanes of at least 4 members (excludes halogenated alkanes) is 3. The van der Waals surface area contributed by atoms with Gasteiger partial charge in [0.05, 0.1) is 6.07 Å². The molecule has 0 aliphatic heterocycles. The van der Waals surface area contributed by atoms with Crippen LogP contribution in [0.4, 0.5) is 0 Å². The fourth-order valence-corrected chi connectivity index (χ4v) is 2.78. The Kier molecular flexibility index (Phi) is 10.7. The van der Waals surface area contributed by atoms with Crippen LogP contribution in [0.5, 0.6) is 0 Å². The highest BCUT2D eigenvalue weighted by atomic mass is 15.1. The normalized spacial score (nSPS) is 14.7. The van der Waals surface area contributed by atoms with Crippen molar-refractivity contribution in [1.82, 2.24) is 10.2 Å². The lowest BCUT2D eigenvalue weighted by atomic mass is 9.95. The van der Waals surface area contributed by atoms with Gasteiger partial charge in [-0.1, -0.05) is 19.8 Å². The van der Waals surface area contributed by atoms with Crippen LogP contribution in [0.1, 0.15) is 80.1 Å². The van der Waals surface area contributed by atoms with Gasteiger partial charge in [-0.05, 0) is 73.4 Å². The second-order valence-corrected chi connectivity index (χ2v) is 7.04. The fraction of sp³-hybridized carbons (Fsp3) is 0.944. The minimum atomic E-state index is -0.376. The van der Waals surface area contributed by atoms with Crippen molar-refractivity contribution in [3.05, 3.63) is 0 Å². The zero-order valence-electron chi connectivity index (χ0n) is 15.2. The lowest BCUT2D eigenvalue weighted by molar-refractivity contribution is 0.210. The molecule has 124 valence electrons. The second-order valence-electron chi connectivity index (χ2n) is 7.04. The summed E-state index contributed by atoms with van der Waals surface area (Å²) in [5.74, 6) is 0. The Hall–Kier alpha value is -0.590. The van der Waals surface area contributed by atoms with Gasteiger partial charge in [0.2, 0.25) is 0 Å². The predicted octanol–water partition coefficient (Wildman–Crippen LogP) is 4.34. The summed E-state index contributed by atoms with van der Waals surface area (Å²) in [6, 6.07) is 3.42. The molecule has 0 aliphatic carbocycles. The third kappa shape index (κ3) is 9.87. The molecule has 0 aliphatic rings. The Morgan fingerprint density at radius 3 is 2.05 bits per heavy atom. The molecule has 0 aromatic rings. The van der Waals surface area contributed by atoms with E-state index in [0.717, 1.165) is 19.4 Å². The van der Waals surface area contributed by atoms with Gasteiger partial charge in [0.15, 0.2) is 0 Å². The van der Waals surface area contributed by atoms with E-state index >= 15 is 0 Å². The highest BCUT2D eigenvalue weighted by Gasteiger charge is 2.23. The van der Waals surface area contributed by atoms with Gasteiger partial charge in [-0.15, -0.1) is 0 Å². The monoisotopic (exact) mass is 295 g/mol. The second kappa shape index (κ2) is 11.0. The molecule has 21 heavy (non-hydrogen) atoms. The van der Waals surface area contributed by atoms with Crippen molar-refractivity contribution in [2.75, 3.05) is 13.1 Å². The summed E-state index contributed by atoms with van der Waals surface area (Å²) in [5, 5.41) is 12.7. The Balaban J connectivity index is 4.06. The highest BCUT2D eigenvalue weighted by Crippen LogP contribution is 2.15. The number of nitrogens with one attached hydrogen (secondary N) is 1. The van der Waals surface area contributed by atoms with Gasteiger partial charge in [-0.2, -0.15) is 5.26 Å². The molecule has 0 spiro atoms. The number of nitrogens with zero attached hydrogens (tertiary/aromatic N) is 2. The lowest BCUT2D eigenvalue weighted by Crippen LogP contribution is -2.45. The maximum absolute atomic E-state index is 9.35. The number of hydrogen-bond acceptors (Lipinski definition) is 3. The van der Waals surface area contributed by atoms with Gasteiger partial charge in [0, 0.05) is 12.1 Å². The molecule has 0 radical (unpaired) electrons. The first-order valence-electron chi connectivity index (χ1n) is 8.77. The number of hydrogen-bond donors (Lipinski definition) is 1. The molecular weight excluding hydrogens is 258 g/mol. The summed E-state index contributed by atoms with van der Waals surface area (Å²) in [7, 11) is 0. The van der Waals surface area contributed by atoms with Crippen molar-refractivity contribution in [2.24, 2.45) is 0 Å². The molecule has 0 rings (SSSR count). The lowest BCUT2D eigenvalue weighted by Gasteiger charge is -2.28. The van der Waals surface area contributed by atoms with Gasteiger partial charge < -0.3 is 4.90 Å². The average molecular weight is 296 g/mol. The Morgan fingerprint density at radius 2 is 1.62 bits per heavy atom. The molecular formula is C18H37N3. The molecule has 0 aromatic heterocycles. The SMILES string of the molecule is CCCCCN(CCCCC(C)(C#N)NC(C)C)C(C)C. The van der Waals surface area contributed by atoms with Crippen LogP contribution in [0.15, 0.2) is 0 Å². The Bertz CT molecular complexity index is 293. The van der Waals surface area contributed by atoms with Crippen molar-refractivity contribution in [2.45, 2.75) is 97.7 Å². The van der Waals surface area contributed by atoms with Crippen molar-refractivity contribution < 1.29 is 0 Å². The van der Waals surface area contributed by atoms with E-state index in [9.17, 15) is 5.26 Å². The molecule has 3 nitrogen and oxygen atoms in total. The maximum Gasteiger partial charge on any atom is 0.104 e. The fourth-order valence-electron chi connectivity index (χ4n) is 2.78. The summed E-state index contributed by atoms with van der Waals surface area (Å²) in [4.78, 5) is 2.58. The first-order chi connectivity index (χ1) is 9.84. The molecule has 3 heteroatoms. The number of nitriles is 1. The molecule has 1 N–H and O–H groups in total. The van der Waals surface area contributed by atoms with Gasteiger partial charge >= 0.3 is 0 Å². The smallest absolute Gasteiger partial charge is 0.104 e. The van der Waals surface area contributed by atoms with Crippen molar-refractivity contribution in [3.8, 4) is 6.07 Å². The van der Waals surface area contributed by atoms with E-state index in [2.05, 4.69) is 50.9 Å². The van der Waals surface area contributed by atoms with E-state index in [1.807, 2.05) is 6.92 Å². The van der Waals surface area contributed by atoms with Crippen molar-refractivity contribution >= 4 is 0 Å². The average Bonchev–Trinajstić information content (AvgIpc) is 2.40. The van der Waals surface area contributed by atoms with E-state index in [1.165, 1.54) is 32.2 Å². The zero-order valence-corrected chi connectivity index (χ0v) is 15.2. The first-order valence-corrected chi connectivity index (χ1v) is 8.77. The van der Waals surface area contributed by atoms with Crippen LogP contribution < -0.4 is 5.32 Å². The summed E-state index contributed by atoms with van der Waals surface area (Å²) in [6.07, 6.45) is 7.14. The van der Waals surface area contributed by atoms with Crippen LogP contribution in [0.2, 0.25) is 0 Å². The van der Waals surface area contributed by atoms with E-state index in [4.69, 9.17) is 0 Å². The molecule has 1 unspecified atom stereocenters. The Morgan fingerprint density at radius 1 is 1.05 bits per heavy atom. The molecule has 0 fully saturated rings. The predicted molar refractivity (Wildman–Crippen MR) is 92.4 cm³/mol. The summed E-state index contributed by atoms with van der Waals surface area (Å²) in [6.45, 7) is 15.4. The molecule has 0 heterocycles. The largest absolute Gasteiger partial charge is 0.301 e. The van der Waals surface area contributed by atoms with Crippen LogP contribution in [-0.4, -0.2) is 35.6 Å². The standard InChI is InChI=1S/C18H37N3/c1-7-8-10-13-21(17(4)5)14-11-9-12-18(6,15-19)20-16(2)3/h16-17,20H,7-14H2,1-6H3. The summed E-state index contributed by atoms with van der Waals surface area (Å²) < 4.78 is 0. The van der Waals surface area contributed by atoms with E-state index in [1.54, 1.807) is 0 Å². The first kappa shape index (κ1) is 20.4. The van der Waals surface area contributed by atoms with Crippen LogP contribution >= 0.6 is 0 Å². The molecule has 0 bridgehead atoms. The van der Waals surface area contributed by atoms with E-state index in [-0.39, 0.29) is 5.54 Å². The van der Waals surface area contributed by atoms with Crippen LogP contribution in [0.3, 0.4) is 0 Å². The topological polar surface area (TPSA) is 39.1 Å². The minimum absolute atomic E-state index is 0.357. The van der Waals surface area contributed by atoms with Gasteiger partial charge in [-0.3, -0.25) is 5.32 Å². The van der Waals surface area contributed by atoms with Crippen LogP contribution in [0.25, 0.3) is 0 Å². The van der Waals surface area contributed by atoms with Gasteiger partial charge in [0.1, 0.15) is 5.54 Å². The molecule has 0 aromatic carbocycles. The van der Waals surface area contributed by atoms with Crippen LogP contribution in [-0.2, 0) is 0 Å². The maximum atomic E-state index is 9.35. The third-order valence-corrected chi connectivity index (χ3v) is 4.01. The zero-order chi connectivity index (χ0) is 16.3. The van der Waals surface area contributed by atoms with Gasteiger partial charge in [0.25, 0.3) is 0 Å². The van der Waals surface area contributed by atoms with Crippen LogP contribution in [0, 0.1) is 11.3 Å². The van der Waals surface area contributed by atoms with Gasteiger partial charge in [-0.25, -0.2) is 0 Å². The molecule has 0 saturated heterocycles. The minimum Gasteiger partial charge on any atom is -0.301 e. The van der Waals surface area contributed by atoms with Crippen molar-refractivity contribution in [1.29, 1.82) is 5.26 Å². The molecule has 0 saturated carbocycles. The van der Waals surface area contributed by atoms with E-state index < -0.39 is 0 Å². The number of rotatable bonds is 12. The van der Waals surface area contributed by atoms with Crippen molar-refractivity contribution in [3.63, 3.8) is 0 Å². The Labute approximate surface area is 133 Å². The quantitative estimate of drug-likeness (QED) is 0.544. The summed E-state index contributed by atoms with van der Waals surface area (Å²) >= 11 is 0. The summed E-state index contributed by atoms with van der Waals surface area (Å²) in [5.41, 5.74) is -0.376.